The minimum atomic E-state index is -3.15. The first kappa shape index (κ1) is 17.5. The summed E-state index contributed by atoms with van der Waals surface area (Å²) >= 11 is 0. The van der Waals surface area contributed by atoms with E-state index in [2.05, 4.69) is 10.0 Å². The second-order valence-electron chi connectivity index (χ2n) is 5.00. The molecule has 7 nitrogen and oxygen atoms in total. The van der Waals surface area contributed by atoms with Gasteiger partial charge in [0.1, 0.15) is 0 Å². The lowest BCUT2D eigenvalue weighted by atomic mass is 10.0. The Morgan fingerprint density at radius 3 is 2.57 bits per heavy atom. The quantitative estimate of drug-likeness (QED) is 0.430. The lowest BCUT2D eigenvalue weighted by Crippen LogP contribution is -2.27. The van der Waals surface area contributed by atoms with Crippen molar-refractivity contribution < 1.29 is 13.3 Å². The maximum Gasteiger partial charge on any atom is 0.272 e. The number of nitro benzene ring substituents is 1. The fourth-order valence-corrected chi connectivity index (χ4v) is 2.39. The van der Waals surface area contributed by atoms with Crippen LogP contribution >= 0.6 is 0 Å². The summed E-state index contributed by atoms with van der Waals surface area (Å²) in [7, 11) is -3.15. The third-order valence-electron chi connectivity index (χ3n) is 3.10. The van der Waals surface area contributed by atoms with E-state index in [1.807, 2.05) is 13.0 Å². The molecule has 0 saturated heterocycles. The number of rotatable bonds is 8. The largest absolute Gasteiger partial charge is 0.310 e. The highest BCUT2D eigenvalue weighted by Gasteiger charge is 2.13. The molecule has 0 aromatic heterocycles. The minimum absolute atomic E-state index is 0.0393. The average Bonchev–Trinajstić information content (AvgIpc) is 2.36. The maximum atomic E-state index is 10.9. The molecule has 0 aliphatic rings. The minimum Gasteiger partial charge on any atom is -0.310 e. The van der Waals surface area contributed by atoms with E-state index in [0.717, 1.165) is 11.8 Å². The number of aryl methyl sites for hydroxylation is 1. The van der Waals surface area contributed by atoms with Crippen molar-refractivity contribution >= 4 is 15.7 Å². The fourth-order valence-electron chi connectivity index (χ4n) is 1.87. The van der Waals surface area contributed by atoms with Crippen molar-refractivity contribution in [2.24, 2.45) is 0 Å². The number of sulfonamides is 1. The van der Waals surface area contributed by atoms with E-state index < -0.39 is 10.0 Å². The van der Waals surface area contributed by atoms with Gasteiger partial charge in [-0.05, 0) is 32.4 Å². The van der Waals surface area contributed by atoms with Crippen LogP contribution in [0, 0.1) is 17.0 Å². The normalized spacial score (nSPS) is 13.1. The molecule has 0 bridgehead atoms. The molecule has 0 aliphatic carbocycles. The zero-order valence-electron chi connectivity index (χ0n) is 12.4. The first-order valence-electron chi connectivity index (χ1n) is 6.63. The summed E-state index contributed by atoms with van der Waals surface area (Å²) in [4.78, 5) is 10.5. The van der Waals surface area contributed by atoms with Crippen molar-refractivity contribution in [3.63, 3.8) is 0 Å². The van der Waals surface area contributed by atoms with E-state index in [9.17, 15) is 18.5 Å². The molecule has 1 atom stereocenters. The Kier molecular flexibility index (Phi) is 6.25. The van der Waals surface area contributed by atoms with Crippen molar-refractivity contribution in [3.05, 3.63) is 39.4 Å². The van der Waals surface area contributed by atoms with E-state index in [1.165, 1.54) is 0 Å². The molecule has 118 valence electrons. The molecule has 0 fully saturated rings. The molecule has 0 amide bonds. The molecule has 21 heavy (non-hydrogen) atoms. The summed E-state index contributed by atoms with van der Waals surface area (Å²) in [5, 5.41) is 14.1. The molecule has 0 aliphatic heterocycles. The lowest BCUT2D eigenvalue weighted by Gasteiger charge is -2.14. The molecule has 1 aromatic rings. The third-order valence-corrected chi connectivity index (χ3v) is 3.83. The maximum absolute atomic E-state index is 10.9. The number of benzene rings is 1. The second kappa shape index (κ2) is 7.48. The van der Waals surface area contributed by atoms with Gasteiger partial charge in [-0.2, -0.15) is 0 Å². The molecule has 1 unspecified atom stereocenters. The van der Waals surface area contributed by atoms with Gasteiger partial charge in [-0.3, -0.25) is 10.1 Å². The summed E-state index contributed by atoms with van der Waals surface area (Å²) in [6.07, 6.45) is 1.76. The van der Waals surface area contributed by atoms with Gasteiger partial charge in [-0.15, -0.1) is 0 Å². The van der Waals surface area contributed by atoms with E-state index in [0.29, 0.717) is 25.1 Å². The van der Waals surface area contributed by atoms with Crippen molar-refractivity contribution in [1.29, 1.82) is 0 Å². The van der Waals surface area contributed by atoms with Gasteiger partial charge in [-0.1, -0.05) is 12.1 Å². The molecule has 1 rings (SSSR count). The van der Waals surface area contributed by atoms with Crippen LogP contribution in [0.5, 0.6) is 0 Å². The van der Waals surface area contributed by atoms with Crippen LogP contribution < -0.4 is 10.0 Å². The molecular formula is C13H21N3O4S. The van der Waals surface area contributed by atoms with Crippen LogP contribution in [0.25, 0.3) is 0 Å². The van der Waals surface area contributed by atoms with Gasteiger partial charge in [0.25, 0.3) is 5.69 Å². The summed E-state index contributed by atoms with van der Waals surface area (Å²) < 4.78 is 24.2. The Bertz CT molecular complexity index is 601. The zero-order chi connectivity index (χ0) is 16.0. The van der Waals surface area contributed by atoms with Gasteiger partial charge in [-0.25, -0.2) is 13.1 Å². The number of nitrogens with one attached hydrogen (secondary N) is 2. The molecule has 0 saturated carbocycles. The Balaban J connectivity index is 2.51. The molecule has 1 aromatic carbocycles. The van der Waals surface area contributed by atoms with E-state index in [4.69, 9.17) is 0 Å². The van der Waals surface area contributed by atoms with E-state index >= 15 is 0 Å². The predicted octanol–water partition coefficient (Wildman–Crippen LogP) is 1.49. The Labute approximate surface area is 124 Å². The summed E-state index contributed by atoms with van der Waals surface area (Å²) in [5.41, 5.74) is 1.58. The van der Waals surface area contributed by atoms with Crippen molar-refractivity contribution in [2.45, 2.75) is 26.3 Å². The standard InChI is InChI=1S/C13H21N3O4S/c1-10-5-6-12(9-13(10)16(17)18)11(2)14-7-4-8-15-21(3,19)20/h5-6,9,11,14-15H,4,7-8H2,1-3H3. The number of hydrogen-bond donors (Lipinski definition) is 2. The van der Waals surface area contributed by atoms with Gasteiger partial charge >= 0.3 is 0 Å². The van der Waals surface area contributed by atoms with Crippen molar-refractivity contribution in [2.75, 3.05) is 19.3 Å². The summed E-state index contributed by atoms with van der Waals surface area (Å²) in [5.74, 6) is 0. The highest BCUT2D eigenvalue weighted by Crippen LogP contribution is 2.23. The predicted molar refractivity (Wildman–Crippen MR) is 81.7 cm³/mol. The molecule has 0 spiro atoms. The second-order valence-corrected chi connectivity index (χ2v) is 6.83. The van der Waals surface area contributed by atoms with Crippen LogP contribution in [0.3, 0.4) is 0 Å². The fraction of sp³-hybridized carbons (Fsp3) is 0.538. The zero-order valence-corrected chi connectivity index (χ0v) is 13.2. The Hall–Kier alpha value is -1.51. The smallest absolute Gasteiger partial charge is 0.272 e. The number of hydrogen-bond acceptors (Lipinski definition) is 5. The van der Waals surface area contributed by atoms with E-state index in [-0.39, 0.29) is 16.7 Å². The highest BCUT2D eigenvalue weighted by molar-refractivity contribution is 7.88. The molecule has 0 heterocycles. The average molecular weight is 315 g/mol. The molecule has 8 heteroatoms. The summed E-state index contributed by atoms with van der Waals surface area (Å²) in [6.45, 7) is 4.60. The van der Waals surface area contributed by atoms with Crippen LogP contribution in [-0.4, -0.2) is 32.7 Å². The van der Waals surface area contributed by atoms with Gasteiger partial charge < -0.3 is 5.32 Å². The number of nitrogens with zero attached hydrogens (tertiary/aromatic N) is 1. The van der Waals surface area contributed by atoms with Crippen LogP contribution in [-0.2, 0) is 10.0 Å². The van der Waals surface area contributed by atoms with Crippen LogP contribution in [0.2, 0.25) is 0 Å². The summed E-state index contributed by atoms with van der Waals surface area (Å²) in [6, 6.07) is 5.12. The van der Waals surface area contributed by atoms with E-state index in [1.54, 1.807) is 19.1 Å². The van der Waals surface area contributed by atoms with Crippen LogP contribution in [0.15, 0.2) is 18.2 Å². The van der Waals surface area contributed by atoms with Crippen molar-refractivity contribution in [3.8, 4) is 0 Å². The van der Waals surface area contributed by atoms with Gasteiger partial charge in [0, 0.05) is 24.2 Å². The van der Waals surface area contributed by atoms with Crippen LogP contribution in [0.1, 0.15) is 30.5 Å². The van der Waals surface area contributed by atoms with Gasteiger partial charge in [0.05, 0.1) is 11.2 Å². The Morgan fingerprint density at radius 2 is 2.00 bits per heavy atom. The van der Waals surface area contributed by atoms with Gasteiger partial charge in [0.15, 0.2) is 0 Å². The van der Waals surface area contributed by atoms with Crippen LogP contribution in [0.4, 0.5) is 5.69 Å². The molecule has 0 radical (unpaired) electrons. The molecular weight excluding hydrogens is 294 g/mol. The first-order valence-corrected chi connectivity index (χ1v) is 8.53. The SMILES string of the molecule is Cc1ccc(C(C)NCCCNS(C)(=O)=O)cc1[N+](=O)[O-]. The third kappa shape index (κ3) is 6.19. The number of nitro groups is 1. The Morgan fingerprint density at radius 1 is 1.33 bits per heavy atom. The first-order chi connectivity index (χ1) is 9.70. The van der Waals surface area contributed by atoms with Crippen molar-refractivity contribution in [1.82, 2.24) is 10.0 Å². The molecule has 2 N–H and O–H groups in total. The monoisotopic (exact) mass is 315 g/mol. The lowest BCUT2D eigenvalue weighted by molar-refractivity contribution is -0.385. The van der Waals surface area contributed by atoms with Gasteiger partial charge in [0.2, 0.25) is 10.0 Å². The highest BCUT2D eigenvalue weighted by atomic mass is 32.2. The topological polar surface area (TPSA) is 101 Å².